The number of Topliss-reactive ketones (excluding diaryl/α,β-unsaturated/α-hetero) is 1. The summed E-state index contributed by atoms with van der Waals surface area (Å²) in [7, 11) is 0. The van der Waals surface area contributed by atoms with Crippen molar-refractivity contribution < 1.29 is 4.79 Å². The zero-order valence-electron chi connectivity index (χ0n) is 9.14. The Morgan fingerprint density at radius 1 is 1.44 bits per heavy atom. The Labute approximate surface area is 99.3 Å². The lowest BCUT2D eigenvalue weighted by Gasteiger charge is -2.09. The van der Waals surface area contributed by atoms with Crippen molar-refractivity contribution in [1.29, 1.82) is 0 Å². The smallest absolute Gasteiger partial charge is 0.175 e. The van der Waals surface area contributed by atoms with E-state index >= 15 is 0 Å². The Bertz CT molecular complexity index is 403. The van der Waals surface area contributed by atoms with Gasteiger partial charge < -0.3 is 5.32 Å². The van der Waals surface area contributed by atoms with Crippen LogP contribution in [0.15, 0.2) is 35.3 Å². The quantitative estimate of drug-likeness (QED) is 0.813. The van der Waals surface area contributed by atoms with Gasteiger partial charge in [0.05, 0.1) is 11.8 Å². The molecule has 1 aromatic rings. The van der Waals surface area contributed by atoms with E-state index in [-0.39, 0.29) is 11.0 Å². The lowest BCUT2D eigenvalue weighted by molar-refractivity contribution is 0.0994. The van der Waals surface area contributed by atoms with Gasteiger partial charge in [0.25, 0.3) is 0 Å². The molecule has 0 fully saturated rings. The molecule has 0 amide bonds. The van der Waals surface area contributed by atoms with Crippen LogP contribution in [-0.4, -0.2) is 29.3 Å². The van der Waals surface area contributed by atoms with Gasteiger partial charge in [-0.1, -0.05) is 42.1 Å². The molecule has 2 rings (SSSR count). The molecule has 1 aliphatic rings. The van der Waals surface area contributed by atoms with E-state index in [9.17, 15) is 4.79 Å². The van der Waals surface area contributed by atoms with Gasteiger partial charge in [0.15, 0.2) is 11.0 Å². The molecule has 1 heterocycles. The monoisotopic (exact) mass is 234 g/mol. The zero-order chi connectivity index (χ0) is 11.4. The van der Waals surface area contributed by atoms with E-state index in [2.05, 4.69) is 10.3 Å². The standard InChI is InChI=1S/C12H14N2OS/c1-9(16-12-13-7-8-14-12)11(15)10-5-3-2-4-6-10/h2-6,9H,7-8H2,1H3,(H,13,14). The number of hydrogen-bond donors (Lipinski definition) is 1. The summed E-state index contributed by atoms with van der Waals surface area (Å²) < 4.78 is 0. The highest BCUT2D eigenvalue weighted by Gasteiger charge is 2.19. The predicted octanol–water partition coefficient (Wildman–Crippen LogP) is 1.95. The van der Waals surface area contributed by atoms with Gasteiger partial charge in [-0.2, -0.15) is 0 Å². The number of carbonyl (C=O) groups is 1. The largest absolute Gasteiger partial charge is 0.363 e. The van der Waals surface area contributed by atoms with E-state index in [0.29, 0.717) is 0 Å². The van der Waals surface area contributed by atoms with Crippen LogP contribution >= 0.6 is 11.8 Å². The first-order valence-electron chi connectivity index (χ1n) is 5.31. The number of thioether (sulfide) groups is 1. The second-order valence-electron chi connectivity index (χ2n) is 3.60. The number of benzene rings is 1. The minimum atomic E-state index is -0.0910. The molecule has 1 aromatic carbocycles. The predicted molar refractivity (Wildman–Crippen MR) is 68.1 cm³/mol. The lowest BCUT2D eigenvalue weighted by Crippen LogP contribution is -2.22. The fourth-order valence-corrected chi connectivity index (χ4v) is 2.44. The van der Waals surface area contributed by atoms with Crippen LogP contribution in [0.25, 0.3) is 0 Å². The van der Waals surface area contributed by atoms with E-state index in [4.69, 9.17) is 0 Å². The molecular formula is C12H14N2OS. The minimum absolute atomic E-state index is 0.0910. The molecule has 4 heteroatoms. The molecule has 84 valence electrons. The Kier molecular flexibility index (Phi) is 3.62. The Morgan fingerprint density at radius 2 is 2.19 bits per heavy atom. The van der Waals surface area contributed by atoms with Crippen LogP contribution in [0.5, 0.6) is 0 Å². The number of aliphatic imine (C=N–C) groups is 1. The molecule has 3 nitrogen and oxygen atoms in total. The average Bonchev–Trinajstić information content (AvgIpc) is 2.82. The maximum absolute atomic E-state index is 12.0. The van der Waals surface area contributed by atoms with Crippen molar-refractivity contribution in [3.8, 4) is 0 Å². The fraction of sp³-hybridized carbons (Fsp3) is 0.333. The second-order valence-corrected chi connectivity index (χ2v) is 4.93. The first kappa shape index (κ1) is 11.2. The first-order chi connectivity index (χ1) is 7.77. The number of nitrogens with zero attached hydrogens (tertiary/aromatic N) is 1. The summed E-state index contributed by atoms with van der Waals surface area (Å²) in [5.74, 6) is 0.155. The molecule has 1 unspecified atom stereocenters. The number of nitrogens with one attached hydrogen (secondary N) is 1. The third-order valence-corrected chi connectivity index (χ3v) is 3.42. The van der Waals surface area contributed by atoms with Crippen molar-refractivity contribution in [3.63, 3.8) is 0 Å². The van der Waals surface area contributed by atoms with Crippen LogP contribution in [0.2, 0.25) is 0 Å². The number of amidine groups is 1. The number of carbonyl (C=O) groups excluding carboxylic acids is 1. The molecular weight excluding hydrogens is 220 g/mol. The summed E-state index contributed by atoms with van der Waals surface area (Å²) in [6, 6.07) is 9.38. The Balaban J connectivity index is 1.99. The SMILES string of the molecule is CC(SC1=NCCN1)C(=O)c1ccccc1. The van der Waals surface area contributed by atoms with Gasteiger partial charge in [0.2, 0.25) is 0 Å². The maximum Gasteiger partial charge on any atom is 0.175 e. The van der Waals surface area contributed by atoms with Crippen LogP contribution in [0.1, 0.15) is 17.3 Å². The van der Waals surface area contributed by atoms with E-state index in [1.54, 1.807) is 0 Å². The highest BCUT2D eigenvalue weighted by molar-refractivity contribution is 8.14. The maximum atomic E-state index is 12.0. The van der Waals surface area contributed by atoms with Gasteiger partial charge in [0, 0.05) is 12.1 Å². The molecule has 0 aliphatic carbocycles. The van der Waals surface area contributed by atoms with Crippen LogP contribution in [-0.2, 0) is 0 Å². The third kappa shape index (κ3) is 2.64. The van der Waals surface area contributed by atoms with Gasteiger partial charge in [-0.05, 0) is 6.92 Å². The van der Waals surface area contributed by atoms with Gasteiger partial charge in [-0.25, -0.2) is 0 Å². The minimum Gasteiger partial charge on any atom is -0.363 e. The van der Waals surface area contributed by atoms with Crippen molar-refractivity contribution >= 4 is 22.7 Å². The van der Waals surface area contributed by atoms with Crippen LogP contribution < -0.4 is 5.32 Å². The molecule has 0 spiro atoms. The van der Waals surface area contributed by atoms with Gasteiger partial charge in [-0.15, -0.1) is 0 Å². The van der Waals surface area contributed by atoms with E-state index in [0.717, 1.165) is 23.8 Å². The van der Waals surface area contributed by atoms with E-state index < -0.39 is 0 Å². The molecule has 0 saturated heterocycles. The van der Waals surface area contributed by atoms with Gasteiger partial charge in [-0.3, -0.25) is 9.79 Å². The van der Waals surface area contributed by atoms with Gasteiger partial charge >= 0.3 is 0 Å². The second kappa shape index (κ2) is 5.16. The zero-order valence-corrected chi connectivity index (χ0v) is 9.96. The summed E-state index contributed by atoms with van der Waals surface area (Å²) >= 11 is 1.50. The first-order valence-corrected chi connectivity index (χ1v) is 6.19. The van der Waals surface area contributed by atoms with Crippen molar-refractivity contribution in [2.75, 3.05) is 13.1 Å². The third-order valence-electron chi connectivity index (χ3n) is 2.36. The van der Waals surface area contributed by atoms with Gasteiger partial charge in [0.1, 0.15) is 0 Å². The van der Waals surface area contributed by atoms with Crippen molar-refractivity contribution in [3.05, 3.63) is 35.9 Å². The molecule has 0 aromatic heterocycles. The highest BCUT2D eigenvalue weighted by atomic mass is 32.2. The molecule has 1 aliphatic heterocycles. The Hall–Kier alpha value is -1.29. The summed E-state index contributed by atoms with van der Waals surface area (Å²) in [6.45, 7) is 3.62. The molecule has 0 radical (unpaired) electrons. The highest BCUT2D eigenvalue weighted by Crippen LogP contribution is 2.18. The molecule has 16 heavy (non-hydrogen) atoms. The average molecular weight is 234 g/mol. The van der Waals surface area contributed by atoms with Crippen molar-refractivity contribution in [1.82, 2.24) is 5.32 Å². The van der Waals surface area contributed by atoms with Crippen molar-refractivity contribution in [2.24, 2.45) is 4.99 Å². The number of ketones is 1. The van der Waals surface area contributed by atoms with E-state index in [1.165, 1.54) is 11.8 Å². The summed E-state index contributed by atoms with van der Waals surface area (Å²) in [5, 5.41) is 3.95. The Morgan fingerprint density at radius 3 is 2.81 bits per heavy atom. The van der Waals surface area contributed by atoms with Crippen molar-refractivity contribution in [2.45, 2.75) is 12.2 Å². The lowest BCUT2D eigenvalue weighted by atomic mass is 10.1. The topological polar surface area (TPSA) is 41.5 Å². The summed E-state index contributed by atoms with van der Waals surface area (Å²) in [5.41, 5.74) is 0.765. The number of hydrogen-bond acceptors (Lipinski definition) is 4. The van der Waals surface area contributed by atoms with Crippen LogP contribution in [0.4, 0.5) is 0 Å². The molecule has 1 N–H and O–H groups in total. The fourth-order valence-electron chi connectivity index (χ4n) is 1.51. The summed E-state index contributed by atoms with van der Waals surface area (Å²) in [6.07, 6.45) is 0. The molecule has 0 saturated carbocycles. The van der Waals surface area contributed by atoms with Crippen LogP contribution in [0, 0.1) is 0 Å². The van der Waals surface area contributed by atoms with Crippen LogP contribution in [0.3, 0.4) is 0 Å². The normalized spacial score (nSPS) is 16.4. The van der Waals surface area contributed by atoms with E-state index in [1.807, 2.05) is 37.3 Å². The summed E-state index contributed by atoms with van der Waals surface area (Å²) in [4.78, 5) is 16.3. The molecule has 0 bridgehead atoms. The molecule has 1 atom stereocenters. The number of rotatable bonds is 3.